The molecule has 0 bridgehead atoms. The lowest BCUT2D eigenvalue weighted by Gasteiger charge is -2.34. The Bertz CT molecular complexity index is 136. The Morgan fingerprint density at radius 3 is 2.58 bits per heavy atom. The second-order valence-corrected chi connectivity index (χ2v) is 5.31. The third kappa shape index (κ3) is 2.59. The van der Waals surface area contributed by atoms with Gasteiger partial charge in [-0.1, -0.05) is 13.8 Å². The van der Waals surface area contributed by atoms with Crippen LogP contribution in [0.2, 0.25) is 0 Å². The predicted molar refractivity (Wildman–Crippen MR) is 62.3 cm³/mol. The molecule has 4 atom stereocenters. The molecule has 0 aliphatic heterocycles. The van der Waals surface area contributed by atoms with Crippen molar-refractivity contribution in [1.29, 1.82) is 0 Å². The molecule has 0 radical (unpaired) electrons. The molecule has 2 heteroatoms. The molecule has 0 aromatic carbocycles. The molecule has 0 heterocycles. The average molecular weight is 204 g/mol. The third-order valence-electron chi connectivity index (χ3n) is 3.29. The molecule has 72 valence electrons. The largest absolute Gasteiger partial charge is 0.179 e. The highest BCUT2D eigenvalue weighted by Crippen LogP contribution is 2.36. The Morgan fingerprint density at radius 1 is 1.42 bits per heavy atom. The van der Waals surface area contributed by atoms with Gasteiger partial charge in [0.05, 0.1) is 0 Å². The van der Waals surface area contributed by atoms with Crippen LogP contribution >= 0.6 is 25.3 Å². The first kappa shape index (κ1) is 10.8. The van der Waals surface area contributed by atoms with Gasteiger partial charge >= 0.3 is 0 Å². The Labute approximate surface area is 87.3 Å². The van der Waals surface area contributed by atoms with E-state index in [1.165, 1.54) is 19.3 Å². The quantitative estimate of drug-likeness (QED) is 0.634. The molecule has 12 heavy (non-hydrogen) atoms. The highest BCUT2D eigenvalue weighted by Gasteiger charge is 2.27. The molecule has 1 aliphatic rings. The maximum Gasteiger partial charge on any atom is 0.00451 e. The van der Waals surface area contributed by atoms with Crippen molar-refractivity contribution >= 4 is 25.3 Å². The van der Waals surface area contributed by atoms with Gasteiger partial charge in [0.15, 0.2) is 0 Å². The van der Waals surface area contributed by atoms with Gasteiger partial charge in [-0.3, -0.25) is 0 Å². The summed E-state index contributed by atoms with van der Waals surface area (Å²) in [6.45, 7) is 4.63. The zero-order chi connectivity index (χ0) is 9.14. The molecular formula is C10H20S2. The van der Waals surface area contributed by atoms with E-state index in [-0.39, 0.29) is 0 Å². The second-order valence-electron chi connectivity index (χ2n) is 4.28. The van der Waals surface area contributed by atoms with Crippen LogP contribution in [0.25, 0.3) is 0 Å². The molecule has 1 fully saturated rings. The summed E-state index contributed by atoms with van der Waals surface area (Å²) in [5.74, 6) is 3.49. The van der Waals surface area contributed by atoms with E-state index >= 15 is 0 Å². The minimum Gasteiger partial charge on any atom is -0.179 e. The van der Waals surface area contributed by atoms with Crippen molar-refractivity contribution in [3.63, 3.8) is 0 Å². The predicted octanol–water partition coefficient (Wildman–Crippen LogP) is 3.29. The molecule has 0 amide bonds. The fraction of sp³-hybridized carbons (Fsp3) is 1.00. The lowest BCUT2D eigenvalue weighted by Crippen LogP contribution is -2.27. The lowest BCUT2D eigenvalue weighted by molar-refractivity contribution is 0.246. The highest BCUT2D eigenvalue weighted by atomic mass is 32.1. The highest BCUT2D eigenvalue weighted by molar-refractivity contribution is 7.81. The van der Waals surface area contributed by atoms with E-state index in [9.17, 15) is 0 Å². The minimum absolute atomic E-state index is 0.631. The van der Waals surface area contributed by atoms with Crippen molar-refractivity contribution in [1.82, 2.24) is 0 Å². The van der Waals surface area contributed by atoms with Crippen molar-refractivity contribution in [3.8, 4) is 0 Å². The Kier molecular flexibility index (Phi) is 4.31. The van der Waals surface area contributed by atoms with E-state index in [1.807, 2.05) is 0 Å². The third-order valence-corrected chi connectivity index (χ3v) is 4.58. The van der Waals surface area contributed by atoms with Crippen molar-refractivity contribution in [2.75, 3.05) is 5.75 Å². The SMILES string of the molecule is C[C@@H]1CC[C@@H]([C@@H](C)CS)C[C@@H]1S. The van der Waals surface area contributed by atoms with Gasteiger partial charge in [-0.25, -0.2) is 0 Å². The molecule has 0 unspecified atom stereocenters. The van der Waals surface area contributed by atoms with E-state index in [0.717, 1.165) is 23.5 Å². The summed E-state index contributed by atoms with van der Waals surface area (Å²) in [6, 6.07) is 0. The summed E-state index contributed by atoms with van der Waals surface area (Å²) >= 11 is 8.98. The maximum atomic E-state index is 4.62. The molecule has 0 aromatic rings. The van der Waals surface area contributed by atoms with E-state index < -0.39 is 0 Å². The first-order valence-electron chi connectivity index (χ1n) is 4.94. The van der Waals surface area contributed by atoms with Gasteiger partial charge in [0.1, 0.15) is 0 Å². The molecule has 0 nitrogen and oxygen atoms in total. The van der Waals surface area contributed by atoms with Crippen LogP contribution in [-0.4, -0.2) is 11.0 Å². The molecule has 0 aromatic heterocycles. The summed E-state index contributed by atoms with van der Waals surface area (Å²) in [7, 11) is 0. The summed E-state index contributed by atoms with van der Waals surface area (Å²) in [6.07, 6.45) is 4.04. The van der Waals surface area contributed by atoms with Crippen LogP contribution in [0.1, 0.15) is 33.1 Å². The van der Waals surface area contributed by atoms with E-state index in [2.05, 4.69) is 39.1 Å². The molecule has 0 saturated heterocycles. The smallest absolute Gasteiger partial charge is 0.00451 e. The van der Waals surface area contributed by atoms with Crippen LogP contribution in [0.4, 0.5) is 0 Å². The summed E-state index contributed by atoms with van der Waals surface area (Å²) in [5, 5.41) is 0.631. The monoisotopic (exact) mass is 204 g/mol. The molecule has 1 rings (SSSR count). The van der Waals surface area contributed by atoms with Gasteiger partial charge in [-0.15, -0.1) is 0 Å². The topological polar surface area (TPSA) is 0 Å². The number of hydrogen-bond acceptors (Lipinski definition) is 2. The lowest BCUT2D eigenvalue weighted by atomic mass is 9.77. The normalized spacial score (nSPS) is 39.5. The molecule has 0 spiro atoms. The first-order valence-corrected chi connectivity index (χ1v) is 6.09. The van der Waals surface area contributed by atoms with Gasteiger partial charge in [-0.2, -0.15) is 25.3 Å². The fourth-order valence-corrected chi connectivity index (χ4v) is 2.71. The number of thiol groups is 2. The molecular weight excluding hydrogens is 184 g/mol. The van der Waals surface area contributed by atoms with Crippen molar-refractivity contribution in [3.05, 3.63) is 0 Å². The van der Waals surface area contributed by atoms with Crippen LogP contribution in [0, 0.1) is 17.8 Å². The van der Waals surface area contributed by atoms with Crippen LogP contribution in [-0.2, 0) is 0 Å². The van der Waals surface area contributed by atoms with Gasteiger partial charge in [0.2, 0.25) is 0 Å². The minimum atomic E-state index is 0.631. The zero-order valence-corrected chi connectivity index (χ0v) is 9.82. The van der Waals surface area contributed by atoms with Crippen molar-refractivity contribution < 1.29 is 0 Å². The fourth-order valence-electron chi connectivity index (χ4n) is 2.00. The summed E-state index contributed by atoms with van der Waals surface area (Å²) < 4.78 is 0. The average Bonchev–Trinajstić information content (AvgIpc) is 2.08. The van der Waals surface area contributed by atoms with Crippen LogP contribution in [0.5, 0.6) is 0 Å². The van der Waals surface area contributed by atoms with Gasteiger partial charge in [-0.05, 0) is 42.8 Å². The number of hydrogen-bond donors (Lipinski definition) is 2. The van der Waals surface area contributed by atoms with Gasteiger partial charge < -0.3 is 0 Å². The Hall–Kier alpha value is 0.700. The van der Waals surface area contributed by atoms with Crippen molar-refractivity contribution in [2.45, 2.75) is 38.4 Å². The Morgan fingerprint density at radius 2 is 2.08 bits per heavy atom. The summed E-state index contributed by atoms with van der Waals surface area (Å²) in [4.78, 5) is 0. The van der Waals surface area contributed by atoms with Crippen LogP contribution < -0.4 is 0 Å². The Balaban J connectivity index is 2.39. The molecule has 1 saturated carbocycles. The van der Waals surface area contributed by atoms with E-state index in [1.54, 1.807) is 0 Å². The standard InChI is InChI=1S/C10H20S2/c1-7-3-4-9(5-10(7)12)8(2)6-11/h7-12H,3-6H2,1-2H3/t7-,8+,9-,10+/m1/s1. The van der Waals surface area contributed by atoms with E-state index in [0.29, 0.717) is 5.25 Å². The van der Waals surface area contributed by atoms with Gasteiger partial charge in [0.25, 0.3) is 0 Å². The molecule has 1 aliphatic carbocycles. The zero-order valence-electron chi connectivity index (χ0n) is 8.03. The van der Waals surface area contributed by atoms with E-state index in [4.69, 9.17) is 0 Å². The molecule has 0 N–H and O–H groups in total. The summed E-state index contributed by atoms with van der Waals surface area (Å²) in [5.41, 5.74) is 0. The maximum absolute atomic E-state index is 4.62. The van der Waals surface area contributed by atoms with Gasteiger partial charge in [0, 0.05) is 5.25 Å². The number of rotatable bonds is 2. The second kappa shape index (κ2) is 4.80. The van der Waals surface area contributed by atoms with Crippen LogP contribution in [0.3, 0.4) is 0 Å². The van der Waals surface area contributed by atoms with Crippen molar-refractivity contribution in [2.24, 2.45) is 17.8 Å². The van der Waals surface area contributed by atoms with Crippen LogP contribution in [0.15, 0.2) is 0 Å². The first-order chi connectivity index (χ1) is 5.65.